The van der Waals surface area contributed by atoms with Crippen LogP contribution in [0.2, 0.25) is 0 Å². The van der Waals surface area contributed by atoms with E-state index in [4.69, 9.17) is 18.5 Å². The number of carbonyl (C=O) groups is 1. The highest BCUT2D eigenvalue weighted by atomic mass is 31.2. The molecule has 0 radical (unpaired) electrons. The summed E-state index contributed by atoms with van der Waals surface area (Å²) in [7, 11) is 1.27. The van der Waals surface area contributed by atoms with Crippen molar-refractivity contribution in [3.8, 4) is 0 Å². The number of allylic oxidation sites excluding steroid dienone is 13. The third-order valence-corrected chi connectivity index (χ3v) is 9.77. The van der Waals surface area contributed by atoms with Crippen LogP contribution in [0.1, 0.15) is 142 Å². The van der Waals surface area contributed by atoms with E-state index in [1.807, 2.05) is 63.7 Å². The van der Waals surface area contributed by atoms with Gasteiger partial charge in [0, 0.05) is 6.42 Å². The quantitative estimate of drug-likeness (QED) is 0.0124. The Hall–Kier alpha value is -2.78. The number of ether oxygens (including phenoxy) is 2. The van der Waals surface area contributed by atoms with Gasteiger partial charge in [0.25, 0.3) is 7.82 Å². The lowest BCUT2D eigenvalue weighted by atomic mass is 10.1. The number of phosphoric ester groups is 1. The van der Waals surface area contributed by atoms with Gasteiger partial charge in [0.2, 0.25) is 0 Å². The Morgan fingerprint density at radius 2 is 1.24 bits per heavy atom. The number of hydrogen-bond acceptors (Lipinski definition) is 8. The summed E-state index contributed by atoms with van der Waals surface area (Å²) >= 11 is 0. The monoisotopic (exact) mass is 832 g/mol. The van der Waals surface area contributed by atoms with Gasteiger partial charge in [-0.3, -0.25) is 9.36 Å². The van der Waals surface area contributed by atoms with E-state index in [9.17, 15) is 19.4 Å². The molecule has 0 aliphatic heterocycles. The Morgan fingerprint density at radius 3 is 1.90 bits per heavy atom. The zero-order valence-corrected chi connectivity index (χ0v) is 38.0. The Bertz CT molecular complexity index is 1260. The Labute approximate surface area is 354 Å². The first-order chi connectivity index (χ1) is 28.0. The number of quaternary nitrogens is 1. The summed E-state index contributed by atoms with van der Waals surface area (Å²) in [5, 5.41) is 10.0. The first-order valence-corrected chi connectivity index (χ1v) is 23.6. The Kier molecular flexibility index (Phi) is 37.8. The van der Waals surface area contributed by atoms with E-state index in [0.717, 1.165) is 44.9 Å². The molecule has 0 rings (SSSR count). The highest BCUT2D eigenvalue weighted by Gasteiger charge is 2.19. The molecule has 58 heavy (non-hydrogen) atoms. The fourth-order valence-corrected chi connectivity index (χ4v) is 6.01. The molecule has 0 aromatic carbocycles. The second kappa shape index (κ2) is 39.7. The van der Waals surface area contributed by atoms with Gasteiger partial charge < -0.3 is 33.0 Å². The van der Waals surface area contributed by atoms with E-state index in [0.29, 0.717) is 23.9 Å². The summed E-state index contributed by atoms with van der Waals surface area (Å²) in [6, 6.07) is 0. The van der Waals surface area contributed by atoms with Gasteiger partial charge in [-0.15, -0.1) is 0 Å². The summed E-state index contributed by atoms with van der Waals surface area (Å²) in [4.78, 5) is 24.8. The van der Waals surface area contributed by atoms with E-state index in [1.165, 1.54) is 64.2 Å². The maximum Gasteiger partial charge on any atom is 0.306 e. The SMILES string of the molecule is CC/C=C\C/C=C\CC(O)/C=C/C=C\C/C=C\C/C=C\CCC(=O)OC[C@H](COP(=O)([O-])OCC[N+](C)(C)C)O/C=C/CCCCCCCC/C=C\CCCCCC. The lowest BCUT2D eigenvalue weighted by molar-refractivity contribution is -0.870. The predicted molar refractivity (Wildman–Crippen MR) is 241 cm³/mol. The summed E-state index contributed by atoms with van der Waals surface area (Å²) < 4.78 is 34.2. The molecule has 3 atom stereocenters. The van der Waals surface area contributed by atoms with E-state index >= 15 is 0 Å². The number of unbranched alkanes of at least 4 members (excludes halogenated alkanes) is 11. The van der Waals surface area contributed by atoms with Crippen LogP contribution < -0.4 is 4.89 Å². The highest BCUT2D eigenvalue weighted by Crippen LogP contribution is 2.38. The van der Waals surface area contributed by atoms with Gasteiger partial charge in [0.05, 0.1) is 40.1 Å². The minimum atomic E-state index is -4.55. The zero-order valence-electron chi connectivity index (χ0n) is 37.1. The van der Waals surface area contributed by atoms with Crippen molar-refractivity contribution in [3.63, 3.8) is 0 Å². The second-order valence-corrected chi connectivity index (χ2v) is 17.0. The molecule has 0 spiro atoms. The van der Waals surface area contributed by atoms with Crippen molar-refractivity contribution >= 4 is 13.8 Å². The van der Waals surface area contributed by atoms with Crippen LogP contribution in [0.15, 0.2) is 97.4 Å². The molecule has 0 aromatic heterocycles. The van der Waals surface area contributed by atoms with Crippen molar-refractivity contribution in [2.75, 3.05) is 47.5 Å². The molecule has 332 valence electrons. The van der Waals surface area contributed by atoms with Gasteiger partial charge in [0.15, 0.2) is 6.10 Å². The molecule has 0 heterocycles. The van der Waals surface area contributed by atoms with Crippen LogP contribution in [-0.4, -0.2) is 75.3 Å². The first kappa shape index (κ1) is 55.2. The topological polar surface area (TPSA) is 114 Å². The minimum absolute atomic E-state index is 0.00107. The summed E-state index contributed by atoms with van der Waals surface area (Å²) in [5.74, 6) is -0.399. The molecule has 9 nitrogen and oxygen atoms in total. The van der Waals surface area contributed by atoms with Crippen LogP contribution in [0.4, 0.5) is 0 Å². The maximum absolute atomic E-state index is 12.5. The number of hydrogen-bond donors (Lipinski definition) is 1. The molecule has 0 bridgehead atoms. The van der Waals surface area contributed by atoms with E-state index in [-0.39, 0.29) is 26.2 Å². The number of nitrogens with zero attached hydrogens (tertiary/aromatic N) is 1. The minimum Gasteiger partial charge on any atom is -0.756 e. The fraction of sp³-hybridized carbons (Fsp3) is 0.646. The van der Waals surface area contributed by atoms with Crippen molar-refractivity contribution in [2.24, 2.45) is 0 Å². The van der Waals surface area contributed by atoms with Gasteiger partial charge in [-0.25, -0.2) is 0 Å². The highest BCUT2D eigenvalue weighted by molar-refractivity contribution is 7.45. The third kappa shape index (κ3) is 42.8. The summed E-state index contributed by atoms with van der Waals surface area (Å²) in [5.41, 5.74) is 0. The van der Waals surface area contributed by atoms with Crippen molar-refractivity contribution in [2.45, 2.75) is 154 Å². The van der Waals surface area contributed by atoms with Crippen molar-refractivity contribution in [1.29, 1.82) is 0 Å². The van der Waals surface area contributed by atoms with Crippen LogP contribution in [0.5, 0.6) is 0 Å². The number of phosphoric acid groups is 1. The third-order valence-electron chi connectivity index (χ3n) is 8.80. The molecule has 0 aromatic rings. The molecular formula is C48H82NO8P. The number of likely N-dealkylation sites (N-methyl/N-ethyl adjacent to an activating group) is 1. The molecule has 0 fully saturated rings. The smallest absolute Gasteiger partial charge is 0.306 e. The van der Waals surface area contributed by atoms with Crippen LogP contribution in [0.25, 0.3) is 0 Å². The lowest BCUT2D eigenvalue weighted by Crippen LogP contribution is -2.37. The number of esters is 1. The van der Waals surface area contributed by atoms with Crippen molar-refractivity contribution < 1.29 is 42.4 Å². The summed E-state index contributed by atoms with van der Waals surface area (Å²) in [6.07, 6.45) is 51.3. The molecular weight excluding hydrogens is 750 g/mol. The first-order valence-electron chi connectivity index (χ1n) is 22.1. The average Bonchev–Trinajstić information content (AvgIpc) is 3.17. The van der Waals surface area contributed by atoms with Gasteiger partial charge in [-0.2, -0.15) is 0 Å². The number of aliphatic hydroxyl groups excluding tert-OH is 1. The fourth-order valence-electron chi connectivity index (χ4n) is 5.28. The van der Waals surface area contributed by atoms with Crippen LogP contribution in [0.3, 0.4) is 0 Å². The number of aliphatic hydroxyl groups is 1. The Morgan fingerprint density at radius 1 is 0.672 bits per heavy atom. The molecule has 2 unspecified atom stereocenters. The largest absolute Gasteiger partial charge is 0.756 e. The summed E-state index contributed by atoms with van der Waals surface area (Å²) in [6.45, 7) is 4.38. The van der Waals surface area contributed by atoms with Crippen LogP contribution >= 0.6 is 7.82 Å². The number of rotatable bonds is 39. The molecule has 0 saturated heterocycles. The van der Waals surface area contributed by atoms with Crippen molar-refractivity contribution in [3.05, 3.63) is 97.4 Å². The molecule has 1 N–H and O–H groups in total. The van der Waals surface area contributed by atoms with Gasteiger partial charge in [-0.1, -0.05) is 144 Å². The zero-order chi connectivity index (χ0) is 42.8. The van der Waals surface area contributed by atoms with Crippen molar-refractivity contribution in [1.82, 2.24) is 0 Å². The molecule has 10 heteroatoms. The second-order valence-electron chi connectivity index (χ2n) is 15.6. The van der Waals surface area contributed by atoms with Crippen LogP contribution in [0, 0.1) is 0 Å². The van der Waals surface area contributed by atoms with Gasteiger partial charge in [0.1, 0.15) is 19.8 Å². The maximum atomic E-state index is 12.5. The molecule has 0 amide bonds. The van der Waals surface area contributed by atoms with E-state index in [2.05, 4.69) is 56.4 Å². The van der Waals surface area contributed by atoms with Crippen LogP contribution in [-0.2, 0) is 27.9 Å². The average molecular weight is 832 g/mol. The van der Waals surface area contributed by atoms with E-state index in [1.54, 1.807) is 12.3 Å². The standard InChI is InChI=1S/C48H82NO8P/c1-6-8-10-12-14-15-16-17-18-19-20-23-26-29-33-37-42-54-47(45-57-58(52,53)56-43-41-49(3,4)5)44-55-48(51)40-36-32-28-25-22-21-24-27-31-35-39-46(50)38-34-30-13-11-9-7-2/h9,11,15-16,21-22,27-28,30-32,34-35,37,39,42,46-47,50H,6-8,10,12-14,17-20,23-26,29,33,36,38,40-41,43-45H2,1-5H3/b11-9-,16-15-,22-21-,31-27-,32-28-,34-30-,39-35+,42-37+/t46?,47-/m1/s1. The lowest BCUT2D eigenvalue weighted by Gasteiger charge is -2.28. The van der Waals surface area contributed by atoms with E-state index < -0.39 is 26.0 Å². The normalized spacial score (nSPS) is 15.2. The predicted octanol–water partition coefficient (Wildman–Crippen LogP) is 11.7. The molecule has 0 aliphatic rings. The number of carbonyl (C=O) groups excluding carboxylic acids is 1. The molecule has 0 aliphatic carbocycles. The van der Waals surface area contributed by atoms with Gasteiger partial charge >= 0.3 is 5.97 Å². The Balaban J connectivity index is 4.49. The van der Waals surface area contributed by atoms with Gasteiger partial charge in [-0.05, 0) is 83.1 Å². The molecule has 0 saturated carbocycles.